The number of halogens is 4. The van der Waals surface area contributed by atoms with Crippen LogP contribution in [0.15, 0.2) is 34.9 Å². The van der Waals surface area contributed by atoms with Gasteiger partial charge in [0.05, 0.1) is 5.92 Å². The van der Waals surface area contributed by atoms with Crippen LogP contribution < -0.4 is 5.32 Å². The highest BCUT2D eigenvalue weighted by molar-refractivity contribution is 5.85. The molecule has 4 nitrogen and oxygen atoms in total. The Kier molecular flexibility index (Phi) is 7.02. The van der Waals surface area contributed by atoms with Gasteiger partial charge in [-0.2, -0.15) is 18.2 Å². The molecule has 0 spiro atoms. The molecule has 0 radical (unpaired) electrons. The van der Waals surface area contributed by atoms with Gasteiger partial charge >= 0.3 is 6.18 Å². The number of aromatic nitrogens is 2. The van der Waals surface area contributed by atoms with E-state index in [2.05, 4.69) is 15.5 Å². The lowest BCUT2D eigenvalue weighted by molar-refractivity contribution is -0.151. The van der Waals surface area contributed by atoms with Gasteiger partial charge in [0.15, 0.2) is 5.82 Å². The molecule has 0 aliphatic rings. The van der Waals surface area contributed by atoms with Crippen molar-refractivity contribution in [2.45, 2.75) is 37.9 Å². The second-order valence-electron chi connectivity index (χ2n) is 5.21. The van der Waals surface area contributed by atoms with Crippen molar-refractivity contribution in [2.24, 2.45) is 0 Å². The third-order valence-electron chi connectivity index (χ3n) is 3.47. The fraction of sp³-hybridized carbons (Fsp3) is 0.467. The van der Waals surface area contributed by atoms with Crippen molar-refractivity contribution in [3.05, 3.63) is 47.6 Å². The molecule has 8 heteroatoms. The highest BCUT2D eigenvalue weighted by Crippen LogP contribution is 2.37. The molecule has 1 aromatic heterocycles. The Morgan fingerprint density at radius 1 is 1.17 bits per heavy atom. The topological polar surface area (TPSA) is 51.0 Å². The van der Waals surface area contributed by atoms with Crippen LogP contribution in [-0.2, 0) is 12.8 Å². The minimum Gasteiger partial charge on any atom is -0.339 e. The SMILES string of the molecule is CNC(C)Cc1noc(CC(c2ccccc2)C(F)(F)F)n1.Cl. The number of likely N-dealkylation sites (N-methyl/N-ethyl adjacent to an activating group) is 1. The Hall–Kier alpha value is -1.60. The summed E-state index contributed by atoms with van der Waals surface area (Å²) in [6.45, 7) is 1.93. The van der Waals surface area contributed by atoms with Crippen LogP contribution >= 0.6 is 12.4 Å². The summed E-state index contributed by atoms with van der Waals surface area (Å²) >= 11 is 0. The summed E-state index contributed by atoms with van der Waals surface area (Å²) < 4.78 is 44.8. The average molecular weight is 350 g/mol. The molecular weight excluding hydrogens is 331 g/mol. The van der Waals surface area contributed by atoms with Crippen LogP contribution in [0.3, 0.4) is 0 Å². The second kappa shape index (κ2) is 8.31. The number of benzene rings is 1. The highest BCUT2D eigenvalue weighted by Gasteiger charge is 2.41. The summed E-state index contributed by atoms with van der Waals surface area (Å²) in [6.07, 6.45) is -4.22. The van der Waals surface area contributed by atoms with Crippen LogP contribution in [0.25, 0.3) is 0 Å². The van der Waals surface area contributed by atoms with E-state index in [4.69, 9.17) is 4.52 Å². The van der Waals surface area contributed by atoms with Crippen molar-refractivity contribution in [1.82, 2.24) is 15.5 Å². The van der Waals surface area contributed by atoms with E-state index in [1.807, 2.05) is 6.92 Å². The fourth-order valence-electron chi connectivity index (χ4n) is 2.11. The Labute approximate surface area is 138 Å². The van der Waals surface area contributed by atoms with Gasteiger partial charge in [0.2, 0.25) is 5.89 Å². The first kappa shape index (κ1) is 19.4. The highest BCUT2D eigenvalue weighted by atomic mass is 35.5. The summed E-state index contributed by atoms with van der Waals surface area (Å²) in [5, 5.41) is 6.75. The van der Waals surface area contributed by atoms with E-state index in [0.717, 1.165) is 0 Å². The molecule has 23 heavy (non-hydrogen) atoms. The molecule has 2 aromatic rings. The van der Waals surface area contributed by atoms with Crippen LogP contribution in [0.2, 0.25) is 0 Å². The Bertz CT molecular complexity index is 589. The minimum absolute atomic E-state index is 0. The van der Waals surface area contributed by atoms with Crippen LogP contribution in [-0.4, -0.2) is 29.4 Å². The summed E-state index contributed by atoms with van der Waals surface area (Å²) in [5.74, 6) is -1.24. The number of rotatable bonds is 6. The molecule has 0 aliphatic heterocycles. The van der Waals surface area contributed by atoms with Gasteiger partial charge in [0.25, 0.3) is 0 Å². The van der Waals surface area contributed by atoms with E-state index in [-0.39, 0.29) is 36.3 Å². The first-order valence-electron chi connectivity index (χ1n) is 7.00. The lowest BCUT2D eigenvalue weighted by atomic mass is 9.95. The van der Waals surface area contributed by atoms with E-state index in [0.29, 0.717) is 12.2 Å². The zero-order chi connectivity index (χ0) is 16.2. The first-order valence-corrected chi connectivity index (χ1v) is 7.00. The number of nitrogens with one attached hydrogen (secondary N) is 1. The smallest absolute Gasteiger partial charge is 0.339 e. The molecule has 0 amide bonds. The predicted octanol–water partition coefficient (Wildman–Crippen LogP) is 3.53. The van der Waals surface area contributed by atoms with E-state index in [9.17, 15) is 13.2 Å². The zero-order valence-corrected chi connectivity index (χ0v) is 13.6. The van der Waals surface area contributed by atoms with Crippen molar-refractivity contribution in [1.29, 1.82) is 0 Å². The van der Waals surface area contributed by atoms with Crippen molar-refractivity contribution >= 4 is 12.4 Å². The van der Waals surface area contributed by atoms with Gasteiger partial charge in [-0.15, -0.1) is 12.4 Å². The normalized spacial score (nSPS) is 14.1. The van der Waals surface area contributed by atoms with E-state index >= 15 is 0 Å². The first-order chi connectivity index (χ1) is 10.4. The third kappa shape index (κ3) is 5.51. The molecule has 128 valence electrons. The minimum atomic E-state index is -4.37. The average Bonchev–Trinajstić information content (AvgIpc) is 2.91. The zero-order valence-electron chi connectivity index (χ0n) is 12.8. The van der Waals surface area contributed by atoms with Crippen molar-refractivity contribution in [3.63, 3.8) is 0 Å². The summed E-state index contributed by atoms with van der Waals surface area (Å²) in [7, 11) is 1.79. The van der Waals surface area contributed by atoms with Crippen LogP contribution in [0, 0.1) is 0 Å². The van der Waals surface area contributed by atoms with Gasteiger partial charge in [0.1, 0.15) is 0 Å². The fourth-order valence-corrected chi connectivity index (χ4v) is 2.11. The molecule has 1 aromatic carbocycles. The van der Waals surface area contributed by atoms with E-state index in [1.165, 1.54) is 12.1 Å². The monoisotopic (exact) mass is 349 g/mol. The van der Waals surface area contributed by atoms with Crippen LogP contribution in [0.5, 0.6) is 0 Å². The molecule has 1 heterocycles. The molecule has 0 fully saturated rings. The number of nitrogens with zero attached hydrogens (tertiary/aromatic N) is 2. The predicted molar refractivity (Wildman–Crippen MR) is 82.7 cm³/mol. The van der Waals surface area contributed by atoms with Gasteiger partial charge in [-0.3, -0.25) is 0 Å². The van der Waals surface area contributed by atoms with Gasteiger partial charge in [-0.25, -0.2) is 0 Å². The van der Waals surface area contributed by atoms with Crippen LogP contribution in [0.1, 0.15) is 30.1 Å². The molecule has 0 bridgehead atoms. The van der Waals surface area contributed by atoms with Gasteiger partial charge in [-0.05, 0) is 19.5 Å². The quantitative estimate of drug-likeness (QED) is 0.866. The third-order valence-corrected chi connectivity index (χ3v) is 3.47. The molecule has 2 unspecified atom stereocenters. The van der Waals surface area contributed by atoms with E-state index in [1.54, 1.807) is 25.2 Å². The molecule has 2 atom stereocenters. The summed E-state index contributed by atoms with van der Waals surface area (Å²) in [6, 6.07) is 7.89. The summed E-state index contributed by atoms with van der Waals surface area (Å²) in [5.41, 5.74) is 0.193. The van der Waals surface area contributed by atoms with Gasteiger partial charge < -0.3 is 9.84 Å². The van der Waals surface area contributed by atoms with Crippen molar-refractivity contribution in [3.8, 4) is 0 Å². The Balaban J connectivity index is 0.00000264. The van der Waals surface area contributed by atoms with E-state index < -0.39 is 12.1 Å². The molecular formula is C15H19ClF3N3O. The van der Waals surface area contributed by atoms with Crippen LogP contribution in [0.4, 0.5) is 13.2 Å². The molecule has 1 N–H and O–H groups in total. The van der Waals surface area contributed by atoms with Gasteiger partial charge in [0, 0.05) is 18.9 Å². The second-order valence-corrected chi connectivity index (χ2v) is 5.21. The number of hydrogen-bond donors (Lipinski definition) is 1. The Morgan fingerprint density at radius 3 is 2.39 bits per heavy atom. The summed E-state index contributed by atoms with van der Waals surface area (Å²) in [4.78, 5) is 4.06. The van der Waals surface area contributed by atoms with Crippen molar-refractivity contribution in [2.75, 3.05) is 7.05 Å². The molecule has 0 saturated heterocycles. The molecule has 2 rings (SSSR count). The number of hydrogen-bond acceptors (Lipinski definition) is 4. The Morgan fingerprint density at radius 2 is 1.83 bits per heavy atom. The largest absolute Gasteiger partial charge is 0.396 e. The van der Waals surface area contributed by atoms with Gasteiger partial charge in [-0.1, -0.05) is 35.5 Å². The maximum absolute atomic E-state index is 13.3. The number of alkyl halides is 3. The maximum atomic E-state index is 13.3. The van der Waals surface area contributed by atoms with Crippen molar-refractivity contribution < 1.29 is 17.7 Å². The standard InChI is InChI=1S/C15H18F3N3O.ClH/c1-10(19-2)8-13-20-14(22-21-13)9-12(15(16,17)18)11-6-4-3-5-7-11;/h3-7,10,12,19H,8-9H2,1-2H3;1H. The lowest BCUT2D eigenvalue weighted by Crippen LogP contribution is -2.24. The lowest BCUT2D eigenvalue weighted by Gasteiger charge is -2.18. The molecule has 0 aliphatic carbocycles. The maximum Gasteiger partial charge on any atom is 0.396 e. The molecule has 0 saturated carbocycles.